The van der Waals surface area contributed by atoms with E-state index in [2.05, 4.69) is 0 Å². The van der Waals surface area contributed by atoms with Crippen LogP contribution in [-0.4, -0.2) is 23.4 Å². The highest BCUT2D eigenvalue weighted by atomic mass is 35.5. The van der Waals surface area contributed by atoms with Crippen LogP contribution >= 0.6 is 11.6 Å². The third kappa shape index (κ3) is 3.97. The predicted molar refractivity (Wildman–Crippen MR) is 82.5 cm³/mol. The number of hydrogen-bond donors (Lipinski definition) is 1. The Balaban J connectivity index is 1.99. The third-order valence-corrected chi connectivity index (χ3v) is 4.31. The smallest absolute Gasteiger partial charge is 0.225 e. The van der Waals surface area contributed by atoms with E-state index in [1.165, 1.54) is 0 Å². The molecule has 1 aromatic carbocycles. The molecule has 2 N–H and O–H groups in total. The van der Waals surface area contributed by atoms with Crippen LogP contribution in [0.3, 0.4) is 0 Å². The van der Waals surface area contributed by atoms with E-state index in [-0.39, 0.29) is 17.9 Å². The Bertz CT molecular complexity index is 456. The van der Waals surface area contributed by atoms with E-state index < -0.39 is 0 Å². The molecule has 1 aromatic rings. The van der Waals surface area contributed by atoms with E-state index in [0.717, 1.165) is 42.8 Å². The molecule has 0 radical (unpaired) electrons. The molecule has 1 amide bonds. The van der Waals surface area contributed by atoms with E-state index >= 15 is 0 Å². The molecule has 0 aromatic heterocycles. The van der Waals surface area contributed by atoms with Gasteiger partial charge in [-0.3, -0.25) is 4.79 Å². The van der Waals surface area contributed by atoms with Crippen LogP contribution in [0.1, 0.15) is 38.2 Å². The Morgan fingerprint density at radius 3 is 2.65 bits per heavy atom. The van der Waals surface area contributed by atoms with Gasteiger partial charge in [-0.05, 0) is 50.3 Å². The maximum absolute atomic E-state index is 12.6. The molecule has 0 bridgehead atoms. The van der Waals surface area contributed by atoms with Gasteiger partial charge >= 0.3 is 0 Å². The number of amides is 1. The van der Waals surface area contributed by atoms with Crippen LogP contribution in [0.15, 0.2) is 24.3 Å². The minimum absolute atomic E-state index is 0.147. The molecule has 1 fully saturated rings. The van der Waals surface area contributed by atoms with Crippen molar-refractivity contribution in [2.75, 3.05) is 6.54 Å². The molecular weight excluding hydrogens is 272 g/mol. The normalized spacial score (nSPS) is 22.6. The highest BCUT2D eigenvalue weighted by Crippen LogP contribution is 2.25. The monoisotopic (exact) mass is 294 g/mol. The molecule has 0 unspecified atom stereocenters. The van der Waals surface area contributed by atoms with Gasteiger partial charge in [0.2, 0.25) is 5.91 Å². The zero-order chi connectivity index (χ0) is 14.5. The lowest BCUT2D eigenvalue weighted by Gasteiger charge is -2.30. The number of carbonyl (C=O) groups excluding carboxylic acids is 1. The summed E-state index contributed by atoms with van der Waals surface area (Å²) in [6, 6.07) is 8.00. The number of carbonyl (C=O) groups is 1. The third-order valence-electron chi connectivity index (χ3n) is 4.08. The Labute approximate surface area is 126 Å². The quantitative estimate of drug-likeness (QED) is 0.927. The van der Waals surface area contributed by atoms with Gasteiger partial charge in [0, 0.05) is 30.1 Å². The Morgan fingerprint density at radius 1 is 1.35 bits per heavy atom. The van der Waals surface area contributed by atoms with E-state index in [0.29, 0.717) is 6.54 Å². The summed E-state index contributed by atoms with van der Waals surface area (Å²) in [6.45, 7) is 3.39. The lowest BCUT2D eigenvalue weighted by molar-refractivity contribution is -0.137. The van der Waals surface area contributed by atoms with Gasteiger partial charge in [-0.15, -0.1) is 0 Å². The van der Waals surface area contributed by atoms with Crippen molar-refractivity contribution in [2.45, 2.75) is 45.2 Å². The van der Waals surface area contributed by atoms with E-state index in [1.807, 2.05) is 36.1 Å². The van der Waals surface area contributed by atoms with Crippen LogP contribution in [-0.2, 0) is 11.3 Å². The van der Waals surface area contributed by atoms with Gasteiger partial charge in [0.1, 0.15) is 0 Å². The van der Waals surface area contributed by atoms with Crippen LogP contribution in [0, 0.1) is 5.92 Å². The van der Waals surface area contributed by atoms with Crippen molar-refractivity contribution in [3.63, 3.8) is 0 Å². The summed E-state index contributed by atoms with van der Waals surface area (Å²) in [5, 5.41) is 0.717. The van der Waals surface area contributed by atoms with Crippen LogP contribution in [0.4, 0.5) is 0 Å². The van der Waals surface area contributed by atoms with Gasteiger partial charge in [0.25, 0.3) is 0 Å². The average molecular weight is 295 g/mol. The summed E-state index contributed by atoms with van der Waals surface area (Å²) in [5.41, 5.74) is 6.99. The van der Waals surface area contributed by atoms with Crippen molar-refractivity contribution in [3.8, 4) is 0 Å². The van der Waals surface area contributed by atoms with Crippen molar-refractivity contribution < 1.29 is 4.79 Å². The minimum atomic E-state index is 0.147. The van der Waals surface area contributed by atoms with E-state index in [9.17, 15) is 4.79 Å². The molecule has 0 spiro atoms. The zero-order valence-corrected chi connectivity index (χ0v) is 12.8. The van der Waals surface area contributed by atoms with Crippen LogP contribution < -0.4 is 5.73 Å². The van der Waals surface area contributed by atoms with Crippen molar-refractivity contribution in [2.24, 2.45) is 11.7 Å². The predicted octanol–water partition coefficient (Wildman–Crippen LogP) is 3.21. The second-order valence-electron chi connectivity index (χ2n) is 5.59. The SMILES string of the molecule is CCN(Cc1cccc(Cl)c1)C(=O)C1CCC(N)CC1. The number of nitrogens with zero attached hydrogens (tertiary/aromatic N) is 1. The van der Waals surface area contributed by atoms with E-state index in [4.69, 9.17) is 17.3 Å². The van der Waals surface area contributed by atoms with E-state index in [1.54, 1.807) is 0 Å². The number of halogens is 1. The molecular formula is C16H23ClN2O. The van der Waals surface area contributed by atoms with Crippen molar-refractivity contribution in [1.29, 1.82) is 0 Å². The summed E-state index contributed by atoms with van der Waals surface area (Å²) >= 11 is 6.00. The van der Waals surface area contributed by atoms with Crippen molar-refractivity contribution in [1.82, 2.24) is 4.90 Å². The summed E-state index contributed by atoms with van der Waals surface area (Å²) in [4.78, 5) is 14.5. The van der Waals surface area contributed by atoms with Gasteiger partial charge < -0.3 is 10.6 Å². The molecule has 1 aliphatic rings. The van der Waals surface area contributed by atoms with Gasteiger partial charge in [0.15, 0.2) is 0 Å². The fourth-order valence-corrected chi connectivity index (χ4v) is 3.04. The van der Waals surface area contributed by atoms with Gasteiger partial charge in [-0.1, -0.05) is 23.7 Å². The number of nitrogens with two attached hydrogens (primary N) is 1. The minimum Gasteiger partial charge on any atom is -0.338 e. The van der Waals surface area contributed by atoms with Crippen LogP contribution in [0.5, 0.6) is 0 Å². The molecule has 20 heavy (non-hydrogen) atoms. The molecule has 1 aliphatic carbocycles. The van der Waals surface area contributed by atoms with Crippen molar-refractivity contribution >= 4 is 17.5 Å². The molecule has 0 saturated heterocycles. The first-order valence-corrected chi connectivity index (χ1v) is 7.76. The number of hydrogen-bond acceptors (Lipinski definition) is 2. The summed E-state index contributed by atoms with van der Waals surface area (Å²) < 4.78 is 0. The maximum atomic E-state index is 12.6. The average Bonchev–Trinajstić information content (AvgIpc) is 2.45. The molecule has 0 atom stereocenters. The summed E-state index contributed by atoms with van der Waals surface area (Å²) in [6.07, 6.45) is 3.77. The second-order valence-corrected chi connectivity index (χ2v) is 6.03. The standard InChI is InChI=1S/C16H23ClN2O/c1-2-19(11-12-4-3-5-14(17)10-12)16(20)13-6-8-15(18)9-7-13/h3-5,10,13,15H,2,6-9,11,18H2,1H3. The van der Waals surface area contributed by atoms with Crippen molar-refractivity contribution in [3.05, 3.63) is 34.9 Å². The zero-order valence-electron chi connectivity index (χ0n) is 12.0. The molecule has 110 valence electrons. The van der Waals surface area contributed by atoms with Gasteiger partial charge in [0.05, 0.1) is 0 Å². The molecule has 3 nitrogen and oxygen atoms in total. The number of benzene rings is 1. The second kappa shape index (κ2) is 7.09. The maximum Gasteiger partial charge on any atom is 0.225 e. The molecule has 1 saturated carbocycles. The highest BCUT2D eigenvalue weighted by Gasteiger charge is 2.27. The number of rotatable bonds is 4. The molecule has 0 aliphatic heterocycles. The first kappa shape index (κ1) is 15.3. The Hall–Kier alpha value is -1.06. The lowest BCUT2D eigenvalue weighted by atomic mass is 9.85. The summed E-state index contributed by atoms with van der Waals surface area (Å²) in [5.74, 6) is 0.410. The molecule has 4 heteroatoms. The fourth-order valence-electron chi connectivity index (χ4n) is 2.83. The lowest BCUT2D eigenvalue weighted by Crippen LogP contribution is -2.39. The van der Waals surface area contributed by atoms with Gasteiger partial charge in [-0.25, -0.2) is 0 Å². The van der Waals surface area contributed by atoms with Crippen LogP contribution in [0.2, 0.25) is 5.02 Å². The fraction of sp³-hybridized carbons (Fsp3) is 0.562. The van der Waals surface area contributed by atoms with Crippen LogP contribution in [0.25, 0.3) is 0 Å². The largest absolute Gasteiger partial charge is 0.338 e. The Kier molecular flexibility index (Phi) is 5.44. The topological polar surface area (TPSA) is 46.3 Å². The van der Waals surface area contributed by atoms with Gasteiger partial charge in [-0.2, -0.15) is 0 Å². The first-order chi connectivity index (χ1) is 9.60. The molecule has 0 heterocycles. The summed E-state index contributed by atoms with van der Waals surface area (Å²) in [7, 11) is 0. The Morgan fingerprint density at radius 2 is 2.05 bits per heavy atom. The first-order valence-electron chi connectivity index (χ1n) is 7.39. The highest BCUT2D eigenvalue weighted by molar-refractivity contribution is 6.30. The molecule has 2 rings (SSSR count).